The van der Waals surface area contributed by atoms with Crippen molar-refractivity contribution in [1.29, 1.82) is 0 Å². The van der Waals surface area contributed by atoms with Gasteiger partial charge in [0.1, 0.15) is 5.75 Å². The number of Topliss-reactive ketones (excluding diaryl/α,β-unsaturated/α-hetero) is 1. The van der Waals surface area contributed by atoms with E-state index < -0.39 is 0 Å². The summed E-state index contributed by atoms with van der Waals surface area (Å²) in [7, 11) is 3.33. The number of hydrogen-bond donors (Lipinski definition) is 1. The summed E-state index contributed by atoms with van der Waals surface area (Å²) in [4.78, 5) is 29.1. The van der Waals surface area contributed by atoms with E-state index in [2.05, 4.69) is 22.3 Å². The van der Waals surface area contributed by atoms with E-state index in [0.717, 1.165) is 44.6 Å². The summed E-state index contributed by atoms with van der Waals surface area (Å²) in [6, 6.07) is 15.3. The summed E-state index contributed by atoms with van der Waals surface area (Å²) >= 11 is 0. The molecule has 1 aliphatic heterocycles. The van der Waals surface area contributed by atoms with Crippen LogP contribution in [-0.4, -0.2) is 74.7 Å². The number of likely N-dealkylation sites (tertiary alicyclic amines) is 1. The van der Waals surface area contributed by atoms with Crippen molar-refractivity contribution in [3.8, 4) is 5.75 Å². The maximum Gasteiger partial charge on any atom is 0.322 e. The number of nitrogens with one attached hydrogen (secondary N) is 1. The molecule has 7 nitrogen and oxygen atoms in total. The first kappa shape index (κ1) is 24.7. The highest BCUT2D eigenvalue weighted by atomic mass is 16.5. The van der Waals surface area contributed by atoms with Gasteiger partial charge in [-0.15, -0.1) is 0 Å². The molecule has 1 fully saturated rings. The van der Waals surface area contributed by atoms with Crippen LogP contribution >= 0.6 is 0 Å². The van der Waals surface area contributed by atoms with Gasteiger partial charge in [-0.3, -0.25) is 4.79 Å². The van der Waals surface area contributed by atoms with Gasteiger partial charge >= 0.3 is 6.03 Å². The highest BCUT2D eigenvalue weighted by Crippen LogP contribution is 2.20. The average molecular weight is 454 g/mol. The summed E-state index contributed by atoms with van der Waals surface area (Å²) in [5.41, 5.74) is 2.51. The van der Waals surface area contributed by atoms with Crippen LogP contribution in [-0.2, 0) is 11.2 Å². The van der Waals surface area contributed by atoms with E-state index in [0.29, 0.717) is 24.4 Å². The number of hydrogen-bond acceptors (Lipinski definition) is 5. The van der Waals surface area contributed by atoms with Gasteiger partial charge in [0, 0.05) is 50.6 Å². The number of carbonyl (C=O) groups excluding carboxylic acids is 2. The van der Waals surface area contributed by atoms with E-state index in [-0.39, 0.29) is 17.9 Å². The largest absolute Gasteiger partial charge is 0.497 e. The summed E-state index contributed by atoms with van der Waals surface area (Å²) < 4.78 is 10.5. The van der Waals surface area contributed by atoms with Crippen LogP contribution in [0.15, 0.2) is 48.5 Å². The molecule has 0 radical (unpaired) electrons. The molecule has 33 heavy (non-hydrogen) atoms. The summed E-state index contributed by atoms with van der Waals surface area (Å²) in [5, 5.41) is 2.97. The van der Waals surface area contributed by atoms with Crippen molar-refractivity contribution in [2.24, 2.45) is 0 Å². The van der Waals surface area contributed by atoms with Gasteiger partial charge in [0.25, 0.3) is 0 Å². The quantitative estimate of drug-likeness (QED) is 0.549. The second kappa shape index (κ2) is 12.4. The van der Waals surface area contributed by atoms with Crippen LogP contribution in [0.3, 0.4) is 0 Å². The number of piperidine rings is 1. The van der Waals surface area contributed by atoms with Crippen LogP contribution in [0.2, 0.25) is 0 Å². The highest BCUT2D eigenvalue weighted by Gasteiger charge is 2.28. The SMILES string of the molecule is COCCN(C(=O)Nc1cccc(C(C)=O)c1)C1CCN(CCc2ccc(OC)cc2)CC1. The number of urea groups is 1. The Hall–Kier alpha value is -2.90. The zero-order chi connectivity index (χ0) is 23.6. The molecular formula is C26H35N3O4. The summed E-state index contributed by atoms with van der Waals surface area (Å²) in [5.74, 6) is 0.853. The lowest BCUT2D eigenvalue weighted by Gasteiger charge is -2.38. The third-order valence-electron chi connectivity index (χ3n) is 6.19. The number of ether oxygens (including phenoxy) is 2. The van der Waals surface area contributed by atoms with Crippen molar-refractivity contribution in [1.82, 2.24) is 9.80 Å². The molecule has 1 aliphatic rings. The molecule has 1 heterocycles. The lowest BCUT2D eigenvalue weighted by molar-refractivity contribution is 0.101. The molecule has 0 aromatic heterocycles. The maximum absolute atomic E-state index is 13.1. The molecule has 0 saturated carbocycles. The summed E-state index contributed by atoms with van der Waals surface area (Å²) in [6.45, 7) is 5.45. The highest BCUT2D eigenvalue weighted by molar-refractivity contribution is 5.96. The van der Waals surface area contributed by atoms with Crippen LogP contribution in [0.4, 0.5) is 10.5 Å². The lowest BCUT2D eigenvalue weighted by Crippen LogP contribution is -2.50. The van der Waals surface area contributed by atoms with Gasteiger partial charge in [0.2, 0.25) is 0 Å². The lowest BCUT2D eigenvalue weighted by atomic mass is 10.0. The van der Waals surface area contributed by atoms with Crippen LogP contribution < -0.4 is 10.1 Å². The molecule has 0 aliphatic carbocycles. The van der Waals surface area contributed by atoms with Gasteiger partial charge in [-0.25, -0.2) is 4.79 Å². The topological polar surface area (TPSA) is 71.1 Å². The Bertz CT molecular complexity index is 908. The Labute approximate surface area is 196 Å². The maximum atomic E-state index is 13.1. The van der Waals surface area contributed by atoms with Crippen molar-refractivity contribution >= 4 is 17.5 Å². The molecule has 7 heteroatoms. The number of anilines is 1. The minimum Gasteiger partial charge on any atom is -0.497 e. The van der Waals surface area contributed by atoms with Gasteiger partial charge in [-0.1, -0.05) is 24.3 Å². The Morgan fingerprint density at radius 1 is 1.09 bits per heavy atom. The van der Waals surface area contributed by atoms with E-state index in [1.54, 1.807) is 38.5 Å². The minimum absolute atomic E-state index is 0.0237. The first-order valence-corrected chi connectivity index (χ1v) is 11.5. The fraction of sp³-hybridized carbons (Fsp3) is 0.462. The normalized spacial score (nSPS) is 14.6. The number of amides is 2. The van der Waals surface area contributed by atoms with E-state index in [4.69, 9.17) is 9.47 Å². The zero-order valence-corrected chi connectivity index (χ0v) is 19.9. The fourth-order valence-electron chi connectivity index (χ4n) is 4.18. The minimum atomic E-state index is -0.149. The molecule has 2 amide bonds. The second-order valence-electron chi connectivity index (χ2n) is 8.42. The number of ketones is 1. The van der Waals surface area contributed by atoms with E-state index >= 15 is 0 Å². The van der Waals surface area contributed by atoms with Gasteiger partial charge in [0.15, 0.2) is 5.78 Å². The molecule has 0 unspecified atom stereocenters. The smallest absolute Gasteiger partial charge is 0.322 e. The zero-order valence-electron chi connectivity index (χ0n) is 19.9. The van der Waals surface area contributed by atoms with Crippen molar-refractivity contribution in [3.05, 3.63) is 59.7 Å². The second-order valence-corrected chi connectivity index (χ2v) is 8.42. The van der Waals surface area contributed by atoms with E-state index in [1.807, 2.05) is 17.0 Å². The van der Waals surface area contributed by atoms with E-state index in [1.165, 1.54) is 12.5 Å². The number of nitrogens with zero attached hydrogens (tertiary/aromatic N) is 2. The third-order valence-corrected chi connectivity index (χ3v) is 6.19. The van der Waals surface area contributed by atoms with Gasteiger partial charge in [-0.2, -0.15) is 0 Å². The molecule has 2 aromatic carbocycles. The molecule has 0 bridgehead atoms. The first-order chi connectivity index (χ1) is 16.0. The van der Waals surface area contributed by atoms with Gasteiger partial charge in [0.05, 0.1) is 13.7 Å². The molecule has 0 spiro atoms. The predicted octanol–water partition coefficient (Wildman–Crippen LogP) is 4.09. The van der Waals surface area contributed by atoms with Crippen molar-refractivity contribution in [2.45, 2.75) is 32.2 Å². The Morgan fingerprint density at radius 2 is 1.82 bits per heavy atom. The van der Waals surface area contributed by atoms with Gasteiger partial charge < -0.3 is 24.6 Å². The molecule has 178 valence electrons. The number of carbonyl (C=O) groups is 2. The number of methoxy groups -OCH3 is 2. The monoisotopic (exact) mass is 453 g/mol. The van der Waals surface area contributed by atoms with Crippen LogP contribution in [0.25, 0.3) is 0 Å². The molecule has 1 N–H and O–H groups in total. The molecular weight excluding hydrogens is 418 g/mol. The first-order valence-electron chi connectivity index (χ1n) is 11.5. The summed E-state index contributed by atoms with van der Waals surface area (Å²) in [6.07, 6.45) is 2.84. The molecule has 1 saturated heterocycles. The predicted molar refractivity (Wildman–Crippen MR) is 130 cm³/mol. The standard InChI is InChI=1S/C26H35N3O4/c1-20(30)22-5-4-6-23(19-22)27-26(31)29(17-18-32-2)24-12-15-28(16-13-24)14-11-21-7-9-25(33-3)10-8-21/h4-10,19,24H,11-18H2,1-3H3,(H,27,31). The van der Waals surface area contributed by atoms with Crippen molar-refractivity contribution in [3.63, 3.8) is 0 Å². The van der Waals surface area contributed by atoms with Crippen molar-refractivity contribution < 1.29 is 19.1 Å². The van der Waals surface area contributed by atoms with E-state index in [9.17, 15) is 9.59 Å². The number of rotatable bonds is 10. The Kier molecular flexibility index (Phi) is 9.27. The van der Waals surface area contributed by atoms with Gasteiger partial charge in [-0.05, 0) is 56.0 Å². The Morgan fingerprint density at radius 3 is 2.45 bits per heavy atom. The molecule has 3 rings (SSSR count). The van der Waals surface area contributed by atoms with Crippen molar-refractivity contribution in [2.75, 3.05) is 52.3 Å². The third kappa shape index (κ3) is 7.30. The molecule has 2 aromatic rings. The van der Waals surface area contributed by atoms with Crippen LogP contribution in [0.5, 0.6) is 5.75 Å². The Balaban J connectivity index is 1.54. The fourth-order valence-corrected chi connectivity index (χ4v) is 4.18. The van der Waals surface area contributed by atoms with Crippen LogP contribution in [0, 0.1) is 0 Å². The van der Waals surface area contributed by atoms with Crippen LogP contribution in [0.1, 0.15) is 35.7 Å². The molecule has 0 atom stereocenters. The number of benzene rings is 2. The average Bonchev–Trinajstić information content (AvgIpc) is 2.84.